The topological polar surface area (TPSA) is 110 Å². The molecule has 2 aromatic carbocycles. The van der Waals surface area contributed by atoms with Gasteiger partial charge in [-0.1, -0.05) is 12.1 Å². The van der Waals surface area contributed by atoms with E-state index in [-0.39, 0.29) is 16.1 Å². The number of nitro groups is 1. The fraction of sp³-hybridized carbons (Fsp3) is 0.235. The molecule has 0 spiro atoms. The number of anilines is 1. The minimum absolute atomic E-state index is 0.0231. The van der Waals surface area contributed by atoms with E-state index in [1.54, 1.807) is 0 Å². The fourth-order valence-corrected chi connectivity index (χ4v) is 3.27. The molecule has 0 heterocycles. The maximum Gasteiger partial charge on any atom is 0.416 e. The third-order valence-electron chi connectivity index (χ3n) is 3.90. The van der Waals surface area contributed by atoms with Crippen LogP contribution in [0.5, 0.6) is 0 Å². The van der Waals surface area contributed by atoms with E-state index in [2.05, 4.69) is 5.32 Å². The lowest BCUT2D eigenvalue weighted by atomic mass is 10.1. The summed E-state index contributed by atoms with van der Waals surface area (Å²) >= 11 is 0. The van der Waals surface area contributed by atoms with E-state index in [4.69, 9.17) is 0 Å². The van der Waals surface area contributed by atoms with E-state index in [1.165, 1.54) is 32.3 Å². The summed E-state index contributed by atoms with van der Waals surface area (Å²) in [5.41, 5.74) is -2.28. The van der Waals surface area contributed by atoms with Gasteiger partial charge in [0.05, 0.1) is 21.9 Å². The summed E-state index contributed by atoms with van der Waals surface area (Å²) in [6, 6.07) is 7.08. The predicted octanol–water partition coefficient (Wildman–Crippen LogP) is 3.16. The maximum atomic E-state index is 12.7. The summed E-state index contributed by atoms with van der Waals surface area (Å²) in [6.45, 7) is -0.488. The number of carbonyl (C=O) groups excluding carboxylic acids is 1. The highest BCUT2D eigenvalue weighted by atomic mass is 32.2. The van der Waals surface area contributed by atoms with Crippen molar-refractivity contribution in [3.05, 3.63) is 63.7 Å². The van der Waals surface area contributed by atoms with Crippen molar-refractivity contribution in [2.24, 2.45) is 0 Å². The molecule has 0 aromatic heterocycles. The molecule has 29 heavy (non-hydrogen) atoms. The molecule has 0 aliphatic heterocycles. The number of carbonyl (C=O) groups is 1. The number of nitro benzene ring substituents is 1. The number of sulfonamides is 1. The highest BCUT2D eigenvalue weighted by Gasteiger charge is 2.33. The first-order chi connectivity index (χ1) is 13.3. The largest absolute Gasteiger partial charge is 0.416 e. The molecule has 1 N–H and O–H groups in total. The Bertz CT molecular complexity index is 1050. The van der Waals surface area contributed by atoms with Crippen LogP contribution < -0.4 is 5.32 Å². The van der Waals surface area contributed by atoms with Gasteiger partial charge in [0.2, 0.25) is 10.0 Å². The van der Waals surface area contributed by atoms with Crippen LogP contribution in [0.2, 0.25) is 0 Å². The zero-order chi connectivity index (χ0) is 22.0. The van der Waals surface area contributed by atoms with Crippen LogP contribution in [-0.2, 0) is 16.2 Å². The van der Waals surface area contributed by atoms with Gasteiger partial charge in [-0.05, 0) is 24.3 Å². The Morgan fingerprint density at radius 1 is 1.17 bits per heavy atom. The normalized spacial score (nSPS) is 12.1. The highest BCUT2D eigenvalue weighted by Crippen LogP contribution is 2.34. The molecule has 0 saturated heterocycles. The van der Waals surface area contributed by atoms with Crippen LogP contribution in [0.1, 0.15) is 15.9 Å². The summed E-state index contributed by atoms with van der Waals surface area (Å²) in [5.74, 6) is -0.602. The molecule has 0 atom stereocenters. The molecular weight excluding hydrogens is 415 g/mol. The summed E-state index contributed by atoms with van der Waals surface area (Å²) in [7, 11) is -1.11. The standard InChI is InChI=1S/C17H16F3N3O5S/c1-22(2)29(27,28)13-5-3-4-11(8-13)16(24)10-21-14-7-6-12(17(18,19)20)9-15(14)23(25)26/h3-9,21H,10H2,1-2H3. The Labute approximate surface area is 164 Å². The first-order valence-corrected chi connectivity index (χ1v) is 9.43. The van der Waals surface area contributed by atoms with Gasteiger partial charge in [-0.3, -0.25) is 14.9 Å². The van der Waals surface area contributed by atoms with Gasteiger partial charge in [-0.25, -0.2) is 12.7 Å². The average molecular weight is 431 g/mol. The number of ketones is 1. The third-order valence-corrected chi connectivity index (χ3v) is 5.71. The fourth-order valence-electron chi connectivity index (χ4n) is 2.33. The van der Waals surface area contributed by atoms with Crippen molar-refractivity contribution < 1.29 is 31.3 Å². The van der Waals surface area contributed by atoms with Crippen LogP contribution in [0.25, 0.3) is 0 Å². The molecule has 0 amide bonds. The Morgan fingerprint density at radius 3 is 2.38 bits per heavy atom. The molecule has 0 fully saturated rings. The van der Waals surface area contributed by atoms with E-state index in [0.29, 0.717) is 12.1 Å². The van der Waals surface area contributed by atoms with Crippen LogP contribution in [0.4, 0.5) is 24.5 Å². The second kappa shape index (κ2) is 8.17. The van der Waals surface area contributed by atoms with Crippen molar-refractivity contribution in [2.45, 2.75) is 11.1 Å². The lowest BCUT2D eigenvalue weighted by Gasteiger charge is -2.12. The van der Waals surface area contributed by atoms with Crippen molar-refractivity contribution in [3.63, 3.8) is 0 Å². The SMILES string of the molecule is CN(C)S(=O)(=O)c1cccc(C(=O)CNc2ccc(C(F)(F)F)cc2[N+](=O)[O-])c1. The molecule has 2 rings (SSSR count). The predicted molar refractivity (Wildman–Crippen MR) is 98.2 cm³/mol. The van der Waals surface area contributed by atoms with E-state index in [1.807, 2.05) is 0 Å². The van der Waals surface area contributed by atoms with Gasteiger partial charge in [-0.2, -0.15) is 13.2 Å². The number of Topliss-reactive ketones (excluding diaryl/α,β-unsaturated/α-hetero) is 1. The van der Waals surface area contributed by atoms with Crippen molar-refractivity contribution in [1.82, 2.24) is 4.31 Å². The zero-order valence-corrected chi connectivity index (χ0v) is 16.0. The van der Waals surface area contributed by atoms with Gasteiger partial charge in [-0.15, -0.1) is 0 Å². The first kappa shape index (κ1) is 22.3. The lowest BCUT2D eigenvalue weighted by molar-refractivity contribution is -0.384. The molecule has 0 unspecified atom stereocenters. The van der Waals surface area contributed by atoms with Crippen LogP contribution in [0.3, 0.4) is 0 Å². The van der Waals surface area contributed by atoms with Crippen LogP contribution in [0, 0.1) is 10.1 Å². The monoisotopic (exact) mass is 431 g/mol. The van der Waals surface area contributed by atoms with E-state index >= 15 is 0 Å². The van der Waals surface area contributed by atoms with Crippen molar-refractivity contribution in [1.29, 1.82) is 0 Å². The third kappa shape index (κ3) is 5.09. The van der Waals surface area contributed by atoms with Crippen molar-refractivity contribution in [2.75, 3.05) is 26.0 Å². The molecule has 0 saturated carbocycles. The summed E-state index contributed by atoms with van der Waals surface area (Å²) in [5, 5.41) is 13.5. The van der Waals surface area contributed by atoms with Crippen molar-refractivity contribution >= 4 is 27.2 Å². The zero-order valence-electron chi connectivity index (χ0n) is 15.2. The summed E-state index contributed by atoms with van der Waals surface area (Å²) in [4.78, 5) is 22.3. The minimum atomic E-state index is -4.75. The molecule has 0 aliphatic rings. The summed E-state index contributed by atoms with van der Waals surface area (Å²) < 4.78 is 63.5. The molecule has 12 heteroatoms. The van der Waals surface area contributed by atoms with Gasteiger partial charge in [0.15, 0.2) is 5.78 Å². The number of rotatable bonds is 7. The van der Waals surface area contributed by atoms with Gasteiger partial charge in [0.25, 0.3) is 5.69 Å². The number of hydrogen-bond acceptors (Lipinski definition) is 6. The molecule has 8 nitrogen and oxygen atoms in total. The highest BCUT2D eigenvalue weighted by molar-refractivity contribution is 7.89. The number of nitrogens with zero attached hydrogens (tertiary/aromatic N) is 2. The summed E-state index contributed by atoms with van der Waals surface area (Å²) in [6.07, 6.45) is -4.75. The molecule has 0 radical (unpaired) electrons. The number of hydrogen-bond donors (Lipinski definition) is 1. The van der Waals surface area contributed by atoms with Crippen LogP contribution in [0.15, 0.2) is 47.4 Å². The quantitative estimate of drug-likeness (QED) is 0.410. The number of halogens is 3. The van der Waals surface area contributed by atoms with E-state index in [0.717, 1.165) is 16.4 Å². The lowest BCUT2D eigenvalue weighted by Crippen LogP contribution is -2.23. The smallest absolute Gasteiger partial charge is 0.372 e. The molecule has 2 aromatic rings. The van der Waals surface area contributed by atoms with E-state index in [9.17, 15) is 36.5 Å². The minimum Gasteiger partial charge on any atom is -0.372 e. The Kier molecular flexibility index (Phi) is 6.28. The van der Waals surface area contributed by atoms with Gasteiger partial charge < -0.3 is 5.32 Å². The van der Waals surface area contributed by atoms with Gasteiger partial charge >= 0.3 is 6.18 Å². The second-order valence-corrected chi connectivity index (χ2v) is 8.23. The molecule has 0 bridgehead atoms. The number of alkyl halides is 3. The van der Waals surface area contributed by atoms with Crippen molar-refractivity contribution in [3.8, 4) is 0 Å². The Hall–Kier alpha value is -2.99. The second-order valence-electron chi connectivity index (χ2n) is 6.08. The maximum absolute atomic E-state index is 12.7. The van der Waals surface area contributed by atoms with E-state index < -0.39 is 44.7 Å². The van der Waals surface area contributed by atoms with Gasteiger partial charge in [0, 0.05) is 25.7 Å². The molecular formula is C17H16F3N3O5S. The first-order valence-electron chi connectivity index (χ1n) is 7.99. The Balaban J connectivity index is 2.25. The number of nitrogens with one attached hydrogen (secondary N) is 1. The van der Waals surface area contributed by atoms with Crippen LogP contribution in [-0.4, -0.2) is 44.1 Å². The van der Waals surface area contributed by atoms with Crippen LogP contribution >= 0.6 is 0 Å². The number of benzene rings is 2. The molecule has 156 valence electrons. The van der Waals surface area contributed by atoms with Gasteiger partial charge in [0.1, 0.15) is 5.69 Å². The molecule has 0 aliphatic carbocycles. The Morgan fingerprint density at radius 2 is 1.83 bits per heavy atom. The average Bonchev–Trinajstić information content (AvgIpc) is 2.65.